The molecule has 4 amide bonds. The molecule has 0 aromatic carbocycles. The highest BCUT2D eigenvalue weighted by Gasteiger charge is 1.97. The van der Waals surface area contributed by atoms with E-state index in [-0.39, 0.29) is 12.1 Å². The zero-order chi connectivity index (χ0) is 10.8. The molecular weight excluding hydrogens is 184 g/mol. The van der Waals surface area contributed by atoms with Crippen molar-refractivity contribution in [3.05, 3.63) is 0 Å². The van der Waals surface area contributed by atoms with Gasteiger partial charge in [-0.2, -0.15) is 0 Å². The zero-order valence-electron chi connectivity index (χ0n) is 8.64. The zero-order valence-corrected chi connectivity index (χ0v) is 8.64. The van der Waals surface area contributed by atoms with Gasteiger partial charge in [-0.3, -0.25) is 0 Å². The molecule has 0 heterocycles. The van der Waals surface area contributed by atoms with E-state index in [1.54, 1.807) is 7.05 Å². The van der Waals surface area contributed by atoms with E-state index >= 15 is 0 Å². The Morgan fingerprint density at radius 2 is 1.57 bits per heavy atom. The lowest BCUT2D eigenvalue weighted by Gasteiger charge is -2.06. The average molecular weight is 202 g/mol. The molecule has 0 radical (unpaired) electrons. The van der Waals surface area contributed by atoms with Crippen LogP contribution in [0.25, 0.3) is 0 Å². The standard InChI is InChI=1S/C8H18N4O2/c1-3-10-8(14)12-6-4-5-11-7(13)9-2/h3-6H2,1-2H3,(H2,9,11,13)(H2,10,12,14). The van der Waals surface area contributed by atoms with Crippen LogP contribution in [0.2, 0.25) is 0 Å². The van der Waals surface area contributed by atoms with Gasteiger partial charge in [-0.1, -0.05) is 0 Å². The number of amides is 4. The molecule has 0 unspecified atom stereocenters. The van der Waals surface area contributed by atoms with E-state index < -0.39 is 0 Å². The number of urea groups is 2. The quantitative estimate of drug-likeness (QED) is 0.458. The Morgan fingerprint density at radius 3 is 2.07 bits per heavy atom. The largest absolute Gasteiger partial charge is 0.341 e. The van der Waals surface area contributed by atoms with Crippen molar-refractivity contribution >= 4 is 12.1 Å². The van der Waals surface area contributed by atoms with Crippen LogP contribution in [0.5, 0.6) is 0 Å². The van der Waals surface area contributed by atoms with E-state index in [0.29, 0.717) is 26.1 Å². The molecule has 0 atom stereocenters. The van der Waals surface area contributed by atoms with Gasteiger partial charge in [-0.15, -0.1) is 0 Å². The molecule has 0 aliphatic carbocycles. The topological polar surface area (TPSA) is 82.3 Å². The fourth-order valence-electron chi connectivity index (χ4n) is 0.804. The second-order valence-corrected chi connectivity index (χ2v) is 2.65. The molecule has 6 nitrogen and oxygen atoms in total. The third-order valence-electron chi connectivity index (χ3n) is 1.49. The van der Waals surface area contributed by atoms with Gasteiger partial charge < -0.3 is 21.3 Å². The highest BCUT2D eigenvalue weighted by molar-refractivity contribution is 5.74. The summed E-state index contributed by atoms with van der Waals surface area (Å²) >= 11 is 0. The minimum absolute atomic E-state index is 0.174. The summed E-state index contributed by atoms with van der Waals surface area (Å²) in [5, 5.41) is 10.3. The normalized spacial score (nSPS) is 9.00. The molecule has 0 saturated carbocycles. The van der Waals surface area contributed by atoms with E-state index in [1.165, 1.54) is 0 Å². The first-order valence-corrected chi connectivity index (χ1v) is 4.68. The molecule has 0 fully saturated rings. The monoisotopic (exact) mass is 202 g/mol. The van der Waals surface area contributed by atoms with Gasteiger partial charge in [0.2, 0.25) is 0 Å². The summed E-state index contributed by atoms with van der Waals surface area (Å²) in [5.74, 6) is 0. The Labute approximate surface area is 83.8 Å². The molecule has 4 N–H and O–H groups in total. The van der Waals surface area contributed by atoms with E-state index in [2.05, 4.69) is 21.3 Å². The molecule has 0 saturated heterocycles. The van der Waals surface area contributed by atoms with Gasteiger partial charge in [0.1, 0.15) is 0 Å². The molecule has 0 spiro atoms. The molecule has 6 heteroatoms. The molecular formula is C8H18N4O2. The highest BCUT2D eigenvalue weighted by Crippen LogP contribution is 1.74. The first-order chi connectivity index (χ1) is 6.70. The minimum Gasteiger partial charge on any atom is -0.341 e. The Hall–Kier alpha value is -1.46. The van der Waals surface area contributed by atoms with Gasteiger partial charge in [0.25, 0.3) is 0 Å². The summed E-state index contributed by atoms with van der Waals surface area (Å²) in [7, 11) is 1.56. The second-order valence-electron chi connectivity index (χ2n) is 2.65. The molecule has 0 bridgehead atoms. The van der Waals surface area contributed by atoms with Crippen LogP contribution in [0.3, 0.4) is 0 Å². The van der Waals surface area contributed by atoms with Gasteiger partial charge in [0, 0.05) is 26.7 Å². The van der Waals surface area contributed by atoms with Crippen LogP contribution >= 0.6 is 0 Å². The summed E-state index contributed by atoms with van der Waals surface area (Å²) in [4.78, 5) is 21.6. The third-order valence-corrected chi connectivity index (χ3v) is 1.49. The average Bonchev–Trinajstić information content (AvgIpc) is 2.17. The molecule has 0 rings (SSSR count). The molecule has 0 aromatic heterocycles. The van der Waals surface area contributed by atoms with E-state index in [4.69, 9.17) is 0 Å². The Balaban J connectivity index is 3.21. The molecule has 0 aliphatic rings. The maximum Gasteiger partial charge on any atom is 0.314 e. The summed E-state index contributed by atoms with van der Waals surface area (Å²) in [5.41, 5.74) is 0. The van der Waals surface area contributed by atoms with Gasteiger partial charge in [0.15, 0.2) is 0 Å². The van der Waals surface area contributed by atoms with Gasteiger partial charge in [-0.05, 0) is 13.3 Å². The smallest absolute Gasteiger partial charge is 0.314 e. The number of carbonyl (C=O) groups is 2. The van der Waals surface area contributed by atoms with Crippen LogP contribution in [0, 0.1) is 0 Å². The number of nitrogens with one attached hydrogen (secondary N) is 4. The van der Waals surface area contributed by atoms with Crippen molar-refractivity contribution in [1.29, 1.82) is 0 Å². The molecule has 0 aliphatic heterocycles. The van der Waals surface area contributed by atoms with Crippen LogP contribution < -0.4 is 21.3 Å². The van der Waals surface area contributed by atoms with Crippen LogP contribution in [-0.4, -0.2) is 38.7 Å². The fourth-order valence-corrected chi connectivity index (χ4v) is 0.804. The van der Waals surface area contributed by atoms with E-state index in [9.17, 15) is 9.59 Å². The van der Waals surface area contributed by atoms with Crippen molar-refractivity contribution in [2.45, 2.75) is 13.3 Å². The maximum atomic E-state index is 10.9. The summed E-state index contributed by atoms with van der Waals surface area (Å²) in [6, 6.07) is -0.379. The summed E-state index contributed by atoms with van der Waals surface area (Å²) in [6.45, 7) is 3.57. The number of rotatable bonds is 5. The van der Waals surface area contributed by atoms with E-state index in [0.717, 1.165) is 0 Å². The minimum atomic E-state index is -0.206. The van der Waals surface area contributed by atoms with Crippen LogP contribution in [0.4, 0.5) is 9.59 Å². The Bertz CT molecular complexity index is 184. The van der Waals surface area contributed by atoms with Crippen molar-refractivity contribution < 1.29 is 9.59 Å². The molecule has 0 aromatic rings. The van der Waals surface area contributed by atoms with Crippen molar-refractivity contribution in [2.24, 2.45) is 0 Å². The van der Waals surface area contributed by atoms with Crippen molar-refractivity contribution in [3.8, 4) is 0 Å². The van der Waals surface area contributed by atoms with Crippen molar-refractivity contribution in [2.75, 3.05) is 26.7 Å². The number of hydrogen-bond donors (Lipinski definition) is 4. The lowest BCUT2D eigenvalue weighted by Crippen LogP contribution is -2.38. The lowest BCUT2D eigenvalue weighted by atomic mass is 10.4. The van der Waals surface area contributed by atoms with Crippen molar-refractivity contribution in [3.63, 3.8) is 0 Å². The van der Waals surface area contributed by atoms with Crippen LogP contribution in [0.15, 0.2) is 0 Å². The van der Waals surface area contributed by atoms with Crippen LogP contribution in [-0.2, 0) is 0 Å². The first-order valence-electron chi connectivity index (χ1n) is 4.68. The van der Waals surface area contributed by atoms with E-state index in [1.807, 2.05) is 6.92 Å². The number of carbonyl (C=O) groups excluding carboxylic acids is 2. The van der Waals surface area contributed by atoms with Gasteiger partial charge in [-0.25, -0.2) is 9.59 Å². The van der Waals surface area contributed by atoms with Crippen molar-refractivity contribution in [1.82, 2.24) is 21.3 Å². The van der Waals surface area contributed by atoms with Crippen LogP contribution in [0.1, 0.15) is 13.3 Å². The third kappa shape index (κ3) is 7.20. The van der Waals surface area contributed by atoms with Gasteiger partial charge >= 0.3 is 12.1 Å². The predicted molar refractivity (Wildman–Crippen MR) is 54.2 cm³/mol. The second kappa shape index (κ2) is 8.15. The summed E-state index contributed by atoms with van der Waals surface area (Å²) in [6.07, 6.45) is 0.713. The number of hydrogen-bond acceptors (Lipinski definition) is 2. The Morgan fingerprint density at radius 1 is 1.00 bits per heavy atom. The molecule has 14 heavy (non-hydrogen) atoms. The maximum absolute atomic E-state index is 10.9. The molecule has 82 valence electrons. The fraction of sp³-hybridized carbons (Fsp3) is 0.750. The Kier molecular flexibility index (Phi) is 7.30. The predicted octanol–water partition coefficient (Wildman–Crippen LogP) is -0.375. The first kappa shape index (κ1) is 12.5. The van der Waals surface area contributed by atoms with Gasteiger partial charge in [0.05, 0.1) is 0 Å². The SMILES string of the molecule is CCNC(=O)NCCCNC(=O)NC. The summed E-state index contributed by atoms with van der Waals surface area (Å²) < 4.78 is 0. The lowest BCUT2D eigenvalue weighted by molar-refractivity contribution is 0.240. The highest BCUT2D eigenvalue weighted by atomic mass is 16.2.